The van der Waals surface area contributed by atoms with E-state index in [1.54, 1.807) is 0 Å². The number of amides is 1. The average molecular weight is 319 g/mol. The molecule has 0 unspecified atom stereocenters. The fourth-order valence-corrected chi connectivity index (χ4v) is 5.64. The lowest BCUT2D eigenvalue weighted by Gasteiger charge is -2.12. The highest BCUT2D eigenvalue weighted by atomic mass is 32.2. The predicted octanol–water partition coefficient (Wildman–Crippen LogP) is -1.17. The minimum atomic E-state index is -3.91. The molecule has 0 radical (unpaired) electrons. The van der Waals surface area contributed by atoms with Crippen molar-refractivity contribution in [2.45, 2.75) is 11.7 Å². The van der Waals surface area contributed by atoms with Gasteiger partial charge in [0.15, 0.2) is 9.84 Å². The van der Waals surface area contributed by atoms with Crippen molar-refractivity contribution in [2.75, 3.05) is 11.5 Å². The van der Waals surface area contributed by atoms with Gasteiger partial charge in [0.25, 0.3) is 5.91 Å². The first-order valence-corrected chi connectivity index (χ1v) is 9.08. The van der Waals surface area contributed by atoms with Crippen LogP contribution in [0.15, 0.2) is 24.5 Å². The molecule has 1 aromatic heterocycles. The van der Waals surface area contributed by atoms with Crippen LogP contribution in [0.4, 0.5) is 0 Å². The van der Waals surface area contributed by atoms with Crippen LogP contribution in [0, 0.1) is 0 Å². The Hall–Kier alpha value is -1.52. The lowest BCUT2D eigenvalue weighted by atomic mass is 10.3. The Morgan fingerprint density at radius 2 is 1.95 bits per heavy atom. The first kappa shape index (κ1) is 14.9. The Morgan fingerprint density at radius 3 is 2.50 bits per heavy atom. The number of nitrogens with zero attached hydrogens (tertiary/aromatic N) is 1. The molecule has 2 N–H and O–H groups in total. The van der Waals surface area contributed by atoms with Gasteiger partial charge in [0.2, 0.25) is 10.0 Å². The SMILES string of the molecule is O=C(NNS(=O)(=O)[C@H]1CCS(=O)(=O)C1)c1ccncc1. The van der Waals surface area contributed by atoms with Crippen LogP contribution in [-0.2, 0) is 19.9 Å². The smallest absolute Gasteiger partial charge is 0.266 e. The zero-order valence-corrected chi connectivity index (χ0v) is 11.9. The van der Waals surface area contributed by atoms with Gasteiger partial charge in [0, 0.05) is 18.0 Å². The molecule has 1 fully saturated rings. The molecule has 0 bridgehead atoms. The minimum absolute atomic E-state index is 0.0305. The number of hydrogen-bond acceptors (Lipinski definition) is 6. The highest BCUT2D eigenvalue weighted by Gasteiger charge is 2.37. The molecule has 0 aliphatic carbocycles. The second-order valence-electron chi connectivity index (χ2n) is 4.36. The molecule has 8 nitrogen and oxygen atoms in total. The van der Waals surface area contributed by atoms with Crippen molar-refractivity contribution in [3.05, 3.63) is 30.1 Å². The van der Waals surface area contributed by atoms with Gasteiger partial charge in [-0.2, -0.15) is 0 Å². The van der Waals surface area contributed by atoms with Crippen molar-refractivity contribution < 1.29 is 21.6 Å². The van der Waals surface area contributed by atoms with Crippen LogP contribution >= 0.6 is 0 Å². The summed E-state index contributed by atoms with van der Waals surface area (Å²) in [7, 11) is -7.22. The molecule has 1 aromatic rings. The summed E-state index contributed by atoms with van der Waals surface area (Å²) in [6.07, 6.45) is 2.82. The van der Waals surface area contributed by atoms with E-state index in [-0.39, 0.29) is 17.7 Å². The number of hydrogen-bond donors (Lipinski definition) is 2. The number of carbonyl (C=O) groups is 1. The van der Waals surface area contributed by atoms with Gasteiger partial charge in [-0.05, 0) is 18.6 Å². The van der Waals surface area contributed by atoms with Crippen LogP contribution in [0.5, 0.6) is 0 Å². The van der Waals surface area contributed by atoms with E-state index in [0.717, 1.165) is 0 Å². The quantitative estimate of drug-likeness (QED) is 0.675. The Balaban J connectivity index is 1.98. The number of carbonyl (C=O) groups excluding carboxylic acids is 1. The van der Waals surface area contributed by atoms with E-state index in [1.807, 2.05) is 10.3 Å². The lowest BCUT2D eigenvalue weighted by molar-refractivity contribution is 0.0945. The van der Waals surface area contributed by atoms with Gasteiger partial charge in [-0.1, -0.05) is 0 Å². The largest absolute Gasteiger partial charge is 0.274 e. The molecule has 0 aromatic carbocycles. The highest BCUT2D eigenvalue weighted by molar-refractivity contribution is 7.95. The molecule has 20 heavy (non-hydrogen) atoms. The average Bonchev–Trinajstić information content (AvgIpc) is 2.78. The number of sulfonamides is 1. The minimum Gasteiger partial charge on any atom is -0.274 e. The van der Waals surface area contributed by atoms with Gasteiger partial charge in [0.05, 0.1) is 16.8 Å². The summed E-state index contributed by atoms with van der Waals surface area (Å²) in [4.78, 5) is 17.3. The number of hydrazine groups is 1. The third-order valence-corrected chi connectivity index (χ3v) is 6.52. The fourth-order valence-electron chi connectivity index (χ4n) is 1.78. The third kappa shape index (κ3) is 3.52. The zero-order valence-electron chi connectivity index (χ0n) is 10.3. The van der Waals surface area contributed by atoms with Gasteiger partial charge < -0.3 is 0 Å². The Labute approximate surface area is 116 Å². The molecule has 0 spiro atoms. The summed E-state index contributed by atoms with van der Waals surface area (Å²) in [6.45, 7) is 0. The standard InChI is InChI=1S/C10H13N3O5S2/c14-10(8-1-4-11-5-2-8)12-13-20(17,18)9-3-6-19(15,16)7-9/h1-2,4-5,9,13H,3,6-7H2,(H,12,14)/t9-/m0/s1. The van der Waals surface area contributed by atoms with Gasteiger partial charge >= 0.3 is 0 Å². The van der Waals surface area contributed by atoms with Crippen molar-refractivity contribution in [2.24, 2.45) is 0 Å². The van der Waals surface area contributed by atoms with Crippen LogP contribution in [-0.4, -0.2) is 44.5 Å². The number of aromatic nitrogens is 1. The van der Waals surface area contributed by atoms with Crippen LogP contribution in [0.2, 0.25) is 0 Å². The van der Waals surface area contributed by atoms with Crippen LogP contribution in [0.3, 0.4) is 0 Å². The molecule has 1 atom stereocenters. The van der Waals surface area contributed by atoms with E-state index in [9.17, 15) is 21.6 Å². The maximum Gasteiger partial charge on any atom is 0.266 e. The molecular formula is C10H13N3O5S2. The van der Waals surface area contributed by atoms with E-state index in [0.29, 0.717) is 0 Å². The third-order valence-electron chi connectivity index (χ3n) is 2.88. The fraction of sp³-hybridized carbons (Fsp3) is 0.400. The Morgan fingerprint density at radius 1 is 1.30 bits per heavy atom. The zero-order chi connectivity index (χ0) is 14.8. The first-order valence-electron chi connectivity index (χ1n) is 5.71. The normalized spacial score (nSPS) is 21.5. The molecular weight excluding hydrogens is 306 g/mol. The molecule has 1 aliphatic heterocycles. The number of rotatable bonds is 4. The molecule has 1 aliphatic rings. The van der Waals surface area contributed by atoms with E-state index in [4.69, 9.17) is 0 Å². The Bertz CT molecular complexity index is 700. The highest BCUT2D eigenvalue weighted by Crippen LogP contribution is 2.17. The van der Waals surface area contributed by atoms with E-state index >= 15 is 0 Å². The van der Waals surface area contributed by atoms with Crippen LogP contribution in [0.1, 0.15) is 16.8 Å². The topological polar surface area (TPSA) is 122 Å². The second-order valence-corrected chi connectivity index (χ2v) is 8.55. The first-order chi connectivity index (χ1) is 9.30. The summed E-state index contributed by atoms with van der Waals surface area (Å²) >= 11 is 0. The number of sulfone groups is 1. The maximum atomic E-state index is 11.9. The van der Waals surface area contributed by atoms with E-state index < -0.39 is 36.8 Å². The summed E-state index contributed by atoms with van der Waals surface area (Å²) in [5, 5.41) is -1.04. The number of pyridine rings is 1. The van der Waals surface area contributed by atoms with Gasteiger partial charge in [0.1, 0.15) is 0 Å². The van der Waals surface area contributed by atoms with Crippen molar-refractivity contribution in [1.82, 2.24) is 15.2 Å². The van der Waals surface area contributed by atoms with Crippen LogP contribution in [0.25, 0.3) is 0 Å². The summed E-state index contributed by atoms with van der Waals surface area (Å²) in [5.74, 6) is -1.22. The van der Waals surface area contributed by atoms with E-state index in [2.05, 4.69) is 4.98 Å². The van der Waals surface area contributed by atoms with Gasteiger partial charge in [-0.3, -0.25) is 15.2 Å². The van der Waals surface area contributed by atoms with Crippen molar-refractivity contribution in [3.63, 3.8) is 0 Å². The second kappa shape index (κ2) is 5.46. The lowest BCUT2D eigenvalue weighted by Crippen LogP contribution is -2.46. The number of nitrogens with one attached hydrogen (secondary N) is 2. The summed E-state index contributed by atoms with van der Waals surface area (Å²) in [5.41, 5.74) is 2.28. The molecule has 0 saturated carbocycles. The van der Waals surface area contributed by atoms with Gasteiger partial charge in [-0.15, -0.1) is 4.83 Å². The van der Waals surface area contributed by atoms with Crippen LogP contribution < -0.4 is 10.3 Å². The van der Waals surface area contributed by atoms with Crippen molar-refractivity contribution >= 4 is 25.8 Å². The summed E-state index contributed by atoms with van der Waals surface area (Å²) < 4.78 is 46.2. The van der Waals surface area contributed by atoms with Crippen molar-refractivity contribution in [3.8, 4) is 0 Å². The molecule has 10 heteroatoms. The summed E-state index contributed by atoms with van der Waals surface area (Å²) in [6, 6.07) is 2.84. The molecule has 1 saturated heterocycles. The predicted molar refractivity (Wildman–Crippen MR) is 70.8 cm³/mol. The monoisotopic (exact) mass is 319 g/mol. The van der Waals surface area contributed by atoms with Gasteiger partial charge in [-0.25, -0.2) is 16.8 Å². The molecule has 1 amide bonds. The maximum absolute atomic E-state index is 11.9. The molecule has 2 heterocycles. The van der Waals surface area contributed by atoms with E-state index in [1.165, 1.54) is 24.5 Å². The molecule has 2 rings (SSSR count). The van der Waals surface area contributed by atoms with Crippen molar-refractivity contribution in [1.29, 1.82) is 0 Å². The Kier molecular flexibility index (Phi) is 4.06. The molecule has 110 valence electrons.